The van der Waals surface area contributed by atoms with Crippen molar-refractivity contribution in [3.8, 4) is 11.5 Å². The molecule has 1 aliphatic rings. The smallest absolute Gasteiger partial charge is 1.00 e. The molecular formula is C30H36Br3F12NaO7. The van der Waals surface area contributed by atoms with Crippen LogP contribution in [0.15, 0.2) is 45.3 Å². The Balaban J connectivity index is -0.000000710. The maximum atomic E-state index is 13.3. The minimum atomic E-state index is -5.77. The van der Waals surface area contributed by atoms with Crippen LogP contribution < -0.4 is 39.0 Å². The molecule has 7 nitrogen and oxygen atoms in total. The first kappa shape index (κ1) is 54.5. The van der Waals surface area contributed by atoms with E-state index in [1.807, 2.05) is 18.2 Å². The Bertz CT molecular complexity index is 1330. The molecule has 1 heterocycles. The molecule has 53 heavy (non-hydrogen) atoms. The second-order valence-electron chi connectivity index (χ2n) is 10.3. The largest absolute Gasteiger partial charge is 1.00 e. The first-order valence-electron chi connectivity index (χ1n) is 14.3. The van der Waals surface area contributed by atoms with Crippen LogP contribution in [-0.4, -0.2) is 105 Å². The number of alkyl halides is 13. The van der Waals surface area contributed by atoms with E-state index in [2.05, 4.69) is 52.5 Å². The molecule has 0 spiro atoms. The van der Waals surface area contributed by atoms with E-state index >= 15 is 0 Å². The Hall–Kier alpha value is -0.560. The molecule has 2 aromatic carbocycles. The molecule has 2 aromatic rings. The molecule has 3 N–H and O–H groups in total. The summed E-state index contributed by atoms with van der Waals surface area (Å²) in [5.74, 6) is -31.3. The first-order valence-corrected chi connectivity index (χ1v) is 17.0. The molecule has 0 radical (unpaired) electrons. The van der Waals surface area contributed by atoms with Gasteiger partial charge in [-0.15, -0.1) is 0 Å². The predicted octanol–water partition coefficient (Wildman–Crippen LogP) is 6.02. The van der Waals surface area contributed by atoms with Crippen molar-refractivity contribution in [3.63, 3.8) is 0 Å². The van der Waals surface area contributed by atoms with Crippen LogP contribution in [0.4, 0.5) is 52.7 Å². The summed E-state index contributed by atoms with van der Waals surface area (Å²) in [6, 6.07) is 10.5. The van der Waals surface area contributed by atoms with Gasteiger partial charge in [0.15, 0.2) is 0 Å². The summed E-state index contributed by atoms with van der Waals surface area (Å²) in [6.07, 6.45) is 2.56. The Morgan fingerprint density at radius 2 is 1.00 bits per heavy atom. The van der Waals surface area contributed by atoms with Gasteiger partial charge in [0, 0.05) is 38.6 Å². The van der Waals surface area contributed by atoms with Crippen molar-refractivity contribution < 1.29 is 118 Å². The van der Waals surface area contributed by atoms with Crippen molar-refractivity contribution in [3.05, 3.63) is 56.5 Å². The average molecular weight is 999 g/mol. The molecule has 1 saturated heterocycles. The van der Waals surface area contributed by atoms with Crippen LogP contribution >= 0.6 is 47.8 Å². The van der Waals surface area contributed by atoms with Gasteiger partial charge >= 0.3 is 65.1 Å². The molecule has 0 bridgehead atoms. The van der Waals surface area contributed by atoms with E-state index in [4.69, 9.17) is 29.5 Å². The molecule has 0 aliphatic carbocycles. The van der Waals surface area contributed by atoms with Gasteiger partial charge in [-0.1, -0.05) is 47.8 Å². The second-order valence-corrected chi connectivity index (χ2v) is 12.7. The third kappa shape index (κ3) is 16.1. The van der Waals surface area contributed by atoms with Gasteiger partial charge in [-0.3, -0.25) is 0 Å². The van der Waals surface area contributed by atoms with Gasteiger partial charge in [0.1, 0.15) is 37.9 Å². The van der Waals surface area contributed by atoms with E-state index in [-0.39, 0.29) is 42.3 Å². The number of aliphatic hydroxyl groups excluding tert-OH is 3. The standard InChI is InChI=1S/C13H13BrF6O3.C8H8Br2O.C5H6F6O2.C4H8O.Na.H/c1-22-10-3-2-9(14)4-8(10)5-23-7-12(17,18)13(19,20)11(15,16)6-21;1-11-8-3-2-7(10)4-6(8)5-9;6-3(7,1-12)5(10,11)4(8,9)2-13;1-2-4-5-3-1;;/h2-4,21H,5-7H2,1H3;2-4H,5H2,1H3;12-13H,1-2H2;1-4H2;;/q;;;;+1;-1. The third-order valence-corrected chi connectivity index (χ3v) is 8.02. The third-order valence-electron chi connectivity index (χ3n) is 6.43. The van der Waals surface area contributed by atoms with E-state index in [0.717, 1.165) is 34.3 Å². The van der Waals surface area contributed by atoms with Gasteiger partial charge < -0.3 is 35.7 Å². The molecule has 0 aromatic heterocycles. The van der Waals surface area contributed by atoms with Crippen molar-refractivity contribution in [2.45, 2.75) is 60.3 Å². The Labute approximate surface area is 345 Å². The normalized spacial score (nSPS) is 13.7. The number of halogens is 15. The quantitative estimate of drug-likeness (QED) is 0.121. The molecule has 0 unspecified atom stereocenters. The van der Waals surface area contributed by atoms with E-state index in [1.165, 1.54) is 32.1 Å². The molecule has 3 rings (SSSR count). The number of benzene rings is 2. The number of hydrogen-bond donors (Lipinski definition) is 3. The number of methoxy groups -OCH3 is 2. The fourth-order valence-electron chi connectivity index (χ4n) is 3.43. The number of rotatable bonds is 14. The van der Waals surface area contributed by atoms with Crippen LogP contribution in [0.2, 0.25) is 0 Å². The van der Waals surface area contributed by atoms with Crippen LogP contribution in [0.25, 0.3) is 0 Å². The summed E-state index contributed by atoms with van der Waals surface area (Å²) >= 11 is 9.89. The van der Waals surface area contributed by atoms with Crippen molar-refractivity contribution >= 4 is 47.8 Å². The zero-order valence-electron chi connectivity index (χ0n) is 29.2. The summed E-state index contributed by atoms with van der Waals surface area (Å²) < 4.78 is 172. The molecule has 0 atom stereocenters. The van der Waals surface area contributed by atoms with Gasteiger partial charge in [0.25, 0.3) is 0 Å². The molecule has 0 saturated carbocycles. The van der Waals surface area contributed by atoms with Crippen molar-refractivity contribution in [2.75, 3.05) is 53.9 Å². The molecule has 23 heteroatoms. The molecule has 0 amide bonds. The summed E-state index contributed by atoms with van der Waals surface area (Å²) in [4.78, 5) is 0. The van der Waals surface area contributed by atoms with Crippen LogP contribution in [-0.2, 0) is 21.4 Å². The summed E-state index contributed by atoms with van der Waals surface area (Å²) in [5, 5.41) is 24.5. The maximum Gasteiger partial charge on any atom is 1.00 e. The van der Waals surface area contributed by atoms with Crippen LogP contribution in [0, 0.1) is 0 Å². The van der Waals surface area contributed by atoms with Gasteiger partial charge in [-0.05, 0) is 49.2 Å². The summed E-state index contributed by atoms with van der Waals surface area (Å²) in [5.41, 5.74) is 1.41. The van der Waals surface area contributed by atoms with Crippen LogP contribution in [0.3, 0.4) is 0 Å². The number of ether oxygens (including phenoxy) is 4. The van der Waals surface area contributed by atoms with Crippen LogP contribution in [0.1, 0.15) is 25.4 Å². The van der Waals surface area contributed by atoms with Gasteiger partial charge in [0.05, 0.1) is 20.8 Å². The molecule has 1 aliphatic heterocycles. The topological polar surface area (TPSA) is 97.6 Å². The average Bonchev–Trinajstić information content (AvgIpc) is 3.69. The van der Waals surface area contributed by atoms with E-state index in [0.29, 0.717) is 4.47 Å². The Kier molecular flexibility index (Phi) is 25.0. The van der Waals surface area contributed by atoms with Crippen molar-refractivity contribution in [1.29, 1.82) is 0 Å². The number of hydrogen-bond acceptors (Lipinski definition) is 7. The minimum absolute atomic E-state index is 0. The van der Waals surface area contributed by atoms with E-state index in [9.17, 15) is 52.7 Å². The SMILES string of the molecule is C1CCOC1.COc1ccc(Br)cc1CBr.COc1ccc(Br)cc1COCC(F)(F)C(F)(F)C(F)(F)CO.OCC(F)(F)C(F)(F)C(F)(F)CO.[H-].[Na+]. The number of aliphatic hydroxyl groups is 3. The van der Waals surface area contributed by atoms with Gasteiger partial charge in [-0.2, -0.15) is 52.7 Å². The van der Waals surface area contributed by atoms with Crippen LogP contribution in [0.5, 0.6) is 11.5 Å². The molecule has 304 valence electrons. The molecular weight excluding hydrogens is 963 g/mol. The maximum absolute atomic E-state index is 13.3. The summed E-state index contributed by atoms with van der Waals surface area (Å²) in [6.45, 7) is -7.76. The first-order chi connectivity index (χ1) is 23.9. The summed E-state index contributed by atoms with van der Waals surface area (Å²) in [7, 11) is 2.98. The van der Waals surface area contributed by atoms with Crippen molar-refractivity contribution in [1.82, 2.24) is 0 Å². The zero-order chi connectivity index (χ0) is 40.6. The Morgan fingerprint density at radius 1 is 0.642 bits per heavy atom. The molecule has 1 fully saturated rings. The predicted molar refractivity (Wildman–Crippen MR) is 176 cm³/mol. The Morgan fingerprint density at radius 3 is 1.32 bits per heavy atom. The van der Waals surface area contributed by atoms with Crippen molar-refractivity contribution in [2.24, 2.45) is 0 Å². The monoisotopic (exact) mass is 996 g/mol. The van der Waals surface area contributed by atoms with Gasteiger partial charge in [0.2, 0.25) is 0 Å². The fraction of sp³-hybridized carbons (Fsp3) is 0.600. The second kappa shape index (κ2) is 24.3. The zero-order valence-corrected chi connectivity index (χ0v) is 34.9. The van der Waals surface area contributed by atoms with E-state index in [1.54, 1.807) is 13.2 Å². The van der Waals surface area contributed by atoms with Gasteiger partial charge in [-0.25, -0.2) is 0 Å². The van der Waals surface area contributed by atoms with E-state index < -0.39 is 68.6 Å². The minimum Gasteiger partial charge on any atom is -1.00 e. The fourth-order valence-corrected chi connectivity index (χ4v) is 4.69.